The number of aryl methyl sites for hydroxylation is 3. The molecule has 0 aromatic carbocycles. The molecular weight excluding hydrogens is 260 g/mol. The predicted octanol–water partition coefficient (Wildman–Crippen LogP) is 3.28. The van der Waals surface area contributed by atoms with Gasteiger partial charge in [-0.1, -0.05) is 6.92 Å². The maximum Gasteiger partial charge on any atom is 0.0831 e. The average molecular weight is 281 g/mol. The van der Waals surface area contributed by atoms with Gasteiger partial charge in [-0.3, -0.25) is 9.36 Å². The Bertz CT molecular complexity index is 583. The molecule has 5 heteroatoms. The van der Waals surface area contributed by atoms with Crippen LogP contribution in [0.25, 0.3) is 0 Å². The highest BCUT2D eigenvalue weighted by atomic mass is 35.5. The number of aromatic nitrogens is 4. The van der Waals surface area contributed by atoms with Crippen molar-refractivity contribution in [1.82, 2.24) is 19.6 Å². The molecule has 2 aromatic heterocycles. The van der Waals surface area contributed by atoms with Crippen LogP contribution < -0.4 is 0 Å². The van der Waals surface area contributed by atoms with E-state index >= 15 is 0 Å². The molecular formula is C14H21ClN4. The predicted molar refractivity (Wildman–Crippen MR) is 77.6 cm³/mol. The van der Waals surface area contributed by atoms with E-state index in [9.17, 15) is 0 Å². The molecule has 0 saturated heterocycles. The van der Waals surface area contributed by atoms with Crippen molar-refractivity contribution < 1.29 is 0 Å². The molecule has 0 radical (unpaired) electrons. The quantitative estimate of drug-likeness (QED) is 0.806. The average Bonchev–Trinajstić information content (AvgIpc) is 2.80. The van der Waals surface area contributed by atoms with Crippen LogP contribution in [0, 0.1) is 20.8 Å². The molecule has 2 aromatic rings. The Balaban J connectivity index is 2.34. The molecule has 1 unspecified atom stereocenters. The lowest BCUT2D eigenvalue weighted by atomic mass is 10.1. The van der Waals surface area contributed by atoms with Gasteiger partial charge in [0.2, 0.25) is 0 Å². The molecule has 0 N–H and O–H groups in total. The Morgan fingerprint density at radius 1 is 1.26 bits per heavy atom. The van der Waals surface area contributed by atoms with Gasteiger partial charge in [0.1, 0.15) is 0 Å². The largest absolute Gasteiger partial charge is 0.270 e. The van der Waals surface area contributed by atoms with Gasteiger partial charge in [0.25, 0.3) is 0 Å². The molecule has 1 atom stereocenters. The van der Waals surface area contributed by atoms with E-state index in [1.807, 2.05) is 30.3 Å². The molecule has 0 aliphatic rings. The van der Waals surface area contributed by atoms with Gasteiger partial charge in [-0.25, -0.2) is 0 Å². The molecule has 0 saturated carbocycles. The van der Waals surface area contributed by atoms with Crippen LogP contribution in [-0.2, 0) is 13.6 Å². The number of hydrogen-bond donors (Lipinski definition) is 0. The molecule has 0 amide bonds. The minimum absolute atomic E-state index is 0.0435. The number of hydrogen-bond acceptors (Lipinski definition) is 2. The van der Waals surface area contributed by atoms with Gasteiger partial charge in [0, 0.05) is 18.3 Å². The lowest BCUT2D eigenvalue weighted by Crippen LogP contribution is -2.08. The molecule has 0 spiro atoms. The molecule has 104 valence electrons. The third-order valence-corrected chi connectivity index (χ3v) is 4.05. The molecule has 0 fully saturated rings. The third-order valence-electron chi connectivity index (χ3n) is 3.52. The summed E-state index contributed by atoms with van der Waals surface area (Å²) in [7, 11) is 1.96. The van der Waals surface area contributed by atoms with Crippen molar-refractivity contribution >= 4 is 11.6 Å². The summed E-state index contributed by atoms with van der Waals surface area (Å²) in [5, 5.41) is 9.03. The minimum Gasteiger partial charge on any atom is -0.270 e. The zero-order chi connectivity index (χ0) is 14.2. The topological polar surface area (TPSA) is 35.6 Å². The highest BCUT2D eigenvalue weighted by Crippen LogP contribution is 2.29. The van der Waals surface area contributed by atoms with E-state index in [-0.39, 0.29) is 5.38 Å². The number of nitrogens with zero attached hydrogens (tertiary/aromatic N) is 4. The number of halogens is 1. The van der Waals surface area contributed by atoms with Crippen molar-refractivity contribution in [2.45, 2.75) is 46.0 Å². The highest BCUT2D eigenvalue weighted by molar-refractivity contribution is 6.20. The zero-order valence-electron chi connectivity index (χ0n) is 12.2. The number of alkyl halides is 1. The van der Waals surface area contributed by atoms with Crippen LogP contribution in [0.3, 0.4) is 0 Å². The Labute approximate surface area is 119 Å². The molecule has 2 heterocycles. The summed E-state index contributed by atoms with van der Waals surface area (Å²) in [6, 6.07) is 2.09. The molecule has 0 bridgehead atoms. The standard InChI is InChI=1S/C14H21ClN4/c1-6-13(15)14-10(3)17-19(11(14)4)8-12-7-9(2)16-18(12)5/h7,13H,6,8H2,1-5H3. The molecule has 2 rings (SSSR count). The van der Waals surface area contributed by atoms with E-state index in [1.54, 1.807) is 0 Å². The van der Waals surface area contributed by atoms with Crippen LogP contribution in [0.5, 0.6) is 0 Å². The first-order valence-electron chi connectivity index (χ1n) is 6.61. The smallest absolute Gasteiger partial charge is 0.0831 e. The van der Waals surface area contributed by atoms with E-state index in [4.69, 9.17) is 11.6 Å². The Kier molecular flexibility index (Phi) is 3.99. The van der Waals surface area contributed by atoms with Crippen LogP contribution in [0.1, 0.15) is 47.1 Å². The summed E-state index contributed by atoms with van der Waals surface area (Å²) >= 11 is 6.38. The first-order chi connectivity index (χ1) is 8.93. The highest BCUT2D eigenvalue weighted by Gasteiger charge is 2.18. The van der Waals surface area contributed by atoms with Gasteiger partial charge >= 0.3 is 0 Å². The van der Waals surface area contributed by atoms with Crippen molar-refractivity contribution in [3.8, 4) is 0 Å². The summed E-state index contributed by atoms with van der Waals surface area (Å²) in [6.45, 7) is 8.94. The third kappa shape index (κ3) is 2.68. The van der Waals surface area contributed by atoms with Crippen molar-refractivity contribution in [3.63, 3.8) is 0 Å². The van der Waals surface area contributed by atoms with Crippen LogP contribution in [-0.4, -0.2) is 19.6 Å². The Hall–Kier alpha value is -1.29. The summed E-state index contributed by atoms with van der Waals surface area (Å²) in [5.41, 5.74) is 5.53. The fraction of sp³-hybridized carbons (Fsp3) is 0.571. The summed E-state index contributed by atoms with van der Waals surface area (Å²) in [5.74, 6) is 0. The van der Waals surface area contributed by atoms with Crippen molar-refractivity contribution in [1.29, 1.82) is 0 Å². The van der Waals surface area contributed by atoms with Gasteiger partial charge in [-0.15, -0.1) is 11.6 Å². The van der Waals surface area contributed by atoms with E-state index in [0.717, 1.165) is 35.7 Å². The first kappa shape index (κ1) is 14.1. The van der Waals surface area contributed by atoms with Gasteiger partial charge in [-0.05, 0) is 33.3 Å². The second-order valence-electron chi connectivity index (χ2n) is 5.02. The lowest BCUT2D eigenvalue weighted by Gasteiger charge is -2.08. The zero-order valence-corrected chi connectivity index (χ0v) is 13.0. The molecule has 19 heavy (non-hydrogen) atoms. The normalized spacial score (nSPS) is 12.9. The fourth-order valence-electron chi connectivity index (χ4n) is 2.49. The molecule has 0 aliphatic carbocycles. The van der Waals surface area contributed by atoms with E-state index in [0.29, 0.717) is 0 Å². The monoisotopic (exact) mass is 280 g/mol. The minimum atomic E-state index is 0.0435. The van der Waals surface area contributed by atoms with E-state index in [2.05, 4.69) is 30.1 Å². The summed E-state index contributed by atoms with van der Waals surface area (Å²) in [6.07, 6.45) is 0.916. The van der Waals surface area contributed by atoms with Crippen molar-refractivity contribution in [3.05, 3.63) is 34.4 Å². The Morgan fingerprint density at radius 2 is 1.95 bits per heavy atom. The van der Waals surface area contributed by atoms with Crippen LogP contribution in [0.4, 0.5) is 0 Å². The van der Waals surface area contributed by atoms with Gasteiger partial charge < -0.3 is 0 Å². The molecule has 4 nitrogen and oxygen atoms in total. The van der Waals surface area contributed by atoms with Gasteiger partial charge in [-0.2, -0.15) is 10.2 Å². The number of rotatable bonds is 4. The second-order valence-corrected chi connectivity index (χ2v) is 5.55. The van der Waals surface area contributed by atoms with E-state index in [1.165, 1.54) is 5.56 Å². The van der Waals surface area contributed by atoms with E-state index < -0.39 is 0 Å². The maximum atomic E-state index is 6.38. The Morgan fingerprint density at radius 3 is 2.47 bits per heavy atom. The van der Waals surface area contributed by atoms with Crippen LogP contribution >= 0.6 is 11.6 Å². The van der Waals surface area contributed by atoms with Gasteiger partial charge in [0.15, 0.2) is 0 Å². The summed E-state index contributed by atoms with van der Waals surface area (Å²) < 4.78 is 3.93. The van der Waals surface area contributed by atoms with Crippen molar-refractivity contribution in [2.24, 2.45) is 7.05 Å². The van der Waals surface area contributed by atoms with Crippen LogP contribution in [0.15, 0.2) is 6.07 Å². The lowest BCUT2D eigenvalue weighted by molar-refractivity contribution is 0.602. The first-order valence-corrected chi connectivity index (χ1v) is 7.05. The SMILES string of the molecule is CCC(Cl)c1c(C)nn(Cc2cc(C)nn2C)c1C. The summed E-state index contributed by atoms with van der Waals surface area (Å²) in [4.78, 5) is 0. The fourth-order valence-corrected chi connectivity index (χ4v) is 2.80. The van der Waals surface area contributed by atoms with Gasteiger partial charge in [0.05, 0.1) is 29.0 Å². The maximum absolute atomic E-state index is 6.38. The van der Waals surface area contributed by atoms with Crippen molar-refractivity contribution in [2.75, 3.05) is 0 Å². The van der Waals surface area contributed by atoms with Crippen LogP contribution in [0.2, 0.25) is 0 Å². The molecule has 0 aliphatic heterocycles. The second kappa shape index (κ2) is 5.37.